The lowest BCUT2D eigenvalue weighted by Crippen LogP contribution is -2.71. The van der Waals surface area contributed by atoms with Crippen molar-refractivity contribution in [3.63, 3.8) is 0 Å². The number of rotatable bonds is 5. The second-order valence-corrected chi connectivity index (χ2v) is 15.5. The molecule has 0 heterocycles. The summed E-state index contributed by atoms with van der Waals surface area (Å²) in [7, 11) is 0. The minimum absolute atomic E-state index is 0.0107. The van der Waals surface area contributed by atoms with Gasteiger partial charge in [0.15, 0.2) is 0 Å². The Hall–Kier alpha value is -0.650. The third-order valence-electron chi connectivity index (χ3n) is 13.8. The van der Waals surface area contributed by atoms with E-state index in [1.807, 2.05) is 0 Å². The van der Waals surface area contributed by atoms with Crippen molar-refractivity contribution in [1.82, 2.24) is 0 Å². The number of carbonyl (C=O) groups excluding carboxylic acids is 1. The van der Waals surface area contributed by atoms with Gasteiger partial charge in [0.25, 0.3) is 0 Å². The molecular formula is C32H54O5. The molecule has 0 aliphatic heterocycles. The molecule has 0 unspecified atom stereocenters. The maximum atomic E-state index is 12.4. The predicted octanol–water partition coefficient (Wildman–Crippen LogP) is 5.59. The molecule has 5 saturated carbocycles. The first-order valence-electron chi connectivity index (χ1n) is 15.4. The van der Waals surface area contributed by atoms with Crippen LogP contribution < -0.4 is 0 Å². The Balaban J connectivity index is 1.48. The number of hydrogen-bond acceptors (Lipinski definition) is 5. The molecule has 5 aliphatic rings. The summed E-state index contributed by atoms with van der Waals surface area (Å²) in [5, 5.41) is 33.8. The first-order chi connectivity index (χ1) is 17.1. The Morgan fingerprint density at radius 2 is 1.62 bits per heavy atom. The third kappa shape index (κ3) is 3.90. The highest BCUT2D eigenvalue weighted by Crippen LogP contribution is 2.72. The SMILES string of the molecule is CC(=O)O[C@@H]1C[C@]2(C)[C@@H]([C@H](C)[C@@H]3C[C@]3(C)[C@H](C)C(C)C)CC[C@H]2[C@@H]2C[C@@H](O)[C@@]3(O)C[C@@H](O)CC[C@]3(C)[C@H]21. The quantitative estimate of drug-likeness (QED) is 0.413. The van der Waals surface area contributed by atoms with E-state index in [0.29, 0.717) is 54.3 Å². The van der Waals surface area contributed by atoms with E-state index in [0.717, 1.165) is 18.8 Å². The van der Waals surface area contributed by atoms with Gasteiger partial charge in [-0.3, -0.25) is 4.79 Å². The van der Waals surface area contributed by atoms with E-state index in [-0.39, 0.29) is 35.7 Å². The molecule has 5 nitrogen and oxygen atoms in total. The van der Waals surface area contributed by atoms with E-state index in [1.54, 1.807) is 0 Å². The zero-order chi connectivity index (χ0) is 27.3. The van der Waals surface area contributed by atoms with E-state index >= 15 is 0 Å². The van der Waals surface area contributed by atoms with Crippen LogP contribution in [0.25, 0.3) is 0 Å². The van der Waals surface area contributed by atoms with E-state index in [9.17, 15) is 20.1 Å². The Bertz CT molecular complexity index is 904. The second kappa shape index (κ2) is 8.93. The molecule has 0 amide bonds. The minimum atomic E-state index is -1.34. The Kier molecular flexibility index (Phi) is 6.73. The lowest BCUT2D eigenvalue weighted by molar-refractivity contribution is -0.284. The highest BCUT2D eigenvalue weighted by atomic mass is 16.5. The summed E-state index contributed by atoms with van der Waals surface area (Å²) in [5.41, 5.74) is -1.44. The van der Waals surface area contributed by atoms with Crippen LogP contribution in [0.1, 0.15) is 107 Å². The molecule has 0 aromatic carbocycles. The van der Waals surface area contributed by atoms with Crippen LogP contribution in [0.5, 0.6) is 0 Å². The summed E-state index contributed by atoms with van der Waals surface area (Å²) in [6.45, 7) is 18.2. The summed E-state index contributed by atoms with van der Waals surface area (Å²) < 4.78 is 6.18. The lowest BCUT2D eigenvalue weighted by atomic mass is 9.41. The van der Waals surface area contributed by atoms with Gasteiger partial charge in [-0.05, 0) is 97.2 Å². The number of aliphatic hydroxyl groups excluding tert-OH is 2. The Labute approximate surface area is 225 Å². The van der Waals surface area contributed by atoms with Crippen molar-refractivity contribution in [1.29, 1.82) is 0 Å². The van der Waals surface area contributed by atoms with E-state index in [2.05, 4.69) is 48.5 Å². The number of hydrogen-bond donors (Lipinski definition) is 3. The molecule has 37 heavy (non-hydrogen) atoms. The molecule has 0 aromatic heterocycles. The monoisotopic (exact) mass is 518 g/mol. The summed E-state index contributed by atoms with van der Waals surface area (Å²) in [5.74, 6) is 3.80. The number of fused-ring (bicyclic) bond motifs is 5. The van der Waals surface area contributed by atoms with Crippen LogP contribution >= 0.6 is 0 Å². The van der Waals surface area contributed by atoms with Crippen molar-refractivity contribution >= 4 is 5.97 Å². The van der Waals surface area contributed by atoms with Crippen molar-refractivity contribution in [2.24, 2.45) is 63.6 Å². The van der Waals surface area contributed by atoms with Crippen LogP contribution in [0.4, 0.5) is 0 Å². The molecule has 5 rings (SSSR count). The topological polar surface area (TPSA) is 87.0 Å². The highest BCUT2D eigenvalue weighted by molar-refractivity contribution is 5.66. The Morgan fingerprint density at radius 1 is 0.946 bits per heavy atom. The average Bonchev–Trinajstić information content (AvgIpc) is 3.37. The van der Waals surface area contributed by atoms with Crippen LogP contribution in [0.3, 0.4) is 0 Å². The van der Waals surface area contributed by atoms with Crippen molar-refractivity contribution in [3.05, 3.63) is 0 Å². The van der Waals surface area contributed by atoms with Crippen molar-refractivity contribution in [3.8, 4) is 0 Å². The summed E-state index contributed by atoms with van der Waals surface area (Å²) >= 11 is 0. The van der Waals surface area contributed by atoms with Gasteiger partial charge in [0, 0.05) is 24.7 Å². The van der Waals surface area contributed by atoms with Gasteiger partial charge in [-0.25, -0.2) is 0 Å². The first-order valence-corrected chi connectivity index (χ1v) is 15.4. The molecule has 5 fully saturated rings. The molecule has 5 aliphatic carbocycles. The van der Waals surface area contributed by atoms with Crippen LogP contribution in [-0.4, -0.2) is 45.2 Å². The fourth-order valence-corrected chi connectivity index (χ4v) is 11.3. The van der Waals surface area contributed by atoms with Gasteiger partial charge >= 0.3 is 5.97 Å². The van der Waals surface area contributed by atoms with Crippen molar-refractivity contribution in [2.75, 3.05) is 0 Å². The zero-order valence-electron chi connectivity index (χ0n) is 24.7. The molecule has 0 spiro atoms. The van der Waals surface area contributed by atoms with Crippen LogP contribution in [0.2, 0.25) is 0 Å². The normalized spacial score (nSPS) is 54.6. The maximum Gasteiger partial charge on any atom is 0.302 e. The van der Waals surface area contributed by atoms with E-state index in [4.69, 9.17) is 4.74 Å². The number of aliphatic hydroxyl groups is 3. The Morgan fingerprint density at radius 3 is 2.24 bits per heavy atom. The number of carbonyl (C=O) groups is 1. The van der Waals surface area contributed by atoms with E-state index in [1.165, 1.54) is 19.8 Å². The van der Waals surface area contributed by atoms with Gasteiger partial charge in [-0.15, -0.1) is 0 Å². The smallest absolute Gasteiger partial charge is 0.302 e. The molecule has 5 heteroatoms. The molecular weight excluding hydrogens is 464 g/mol. The molecule has 14 atom stereocenters. The average molecular weight is 519 g/mol. The van der Waals surface area contributed by atoms with Crippen LogP contribution in [0.15, 0.2) is 0 Å². The van der Waals surface area contributed by atoms with Gasteiger partial charge in [0.2, 0.25) is 0 Å². The van der Waals surface area contributed by atoms with Gasteiger partial charge in [-0.1, -0.05) is 48.5 Å². The third-order valence-corrected chi connectivity index (χ3v) is 13.8. The van der Waals surface area contributed by atoms with Crippen LogP contribution in [0, 0.1) is 63.6 Å². The number of ether oxygens (including phenoxy) is 1. The molecule has 212 valence electrons. The molecule has 0 radical (unpaired) electrons. The van der Waals surface area contributed by atoms with Gasteiger partial charge in [-0.2, -0.15) is 0 Å². The van der Waals surface area contributed by atoms with Gasteiger partial charge < -0.3 is 20.1 Å². The summed E-state index contributed by atoms with van der Waals surface area (Å²) in [6.07, 6.45) is 4.84. The minimum Gasteiger partial charge on any atom is -0.462 e. The summed E-state index contributed by atoms with van der Waals surface area (Å²) in [4.78, 5) is 12.4. The number of esters is 1. The standard InChI is InChI=1S/C32H54O5/c1-17(2)19(4)29(6)15-25(29)18(3)23-9-10-24-22-13-27(35)32(36)14-21(34)11-12-31(32,8)28(22)26(37-20(5)33)16-30(23,24)7/h17-19,21-28,34-36H,9-16H2,1-8H3/t18-,19+,21-,22-,23+,24-,25-,26+,27+,28+,29+,30+,31+,32-/m0/s1. The predicted molar refractivity (Wildman–Crippen MR) is 144 cm³/mol. The van der Waals surface area contributed by atoms with E-state index < -0.39 is 23.2 Å². The van der Waals surface area contributed by atoms with Gasteiger partial charge in [0.05, 0.1) is 17.8 Å². The molecule has 3 N–H and O–H groups in total. The fourth-order valence-electron chi connectivity index (χ4n) is 11.3. The fraction of sp³-hybridized carbons (Fsp3) is 0.969. The van der Waals surface area contributed by atoms with Gasteiger partial charge in [0.1, 0.15) is 6.10 Å². The zero-order valence-corrected chi connectivity index (χ0v) is 24.7. The molecule has 0 bridgehead atoms. The van der Waals surface area contributed by atoms with Crippen molar-refractivity contribution in [2.45, 2.75) is 131 Å². The lowest BCUT2D eigenvalue weighted by Gasteiger charge is -2.66. The molecule has 0 saturated heterocycles. The highest BCUT2D eigenvalue weighted by Gasteiger charge is 2.71. The van der Waals surface area contributed by atoms with Crippen LogP contribution in [-0.2, 0) is 9.53 Å². The molecule has 0 aromatic rings. The largest absolute Gasteiger partial charge is 0.462 e. The summed E-state index contributed by atoms with van der Waals surface area (Å²) in [6, 6.07) is 0. The first kappa shape index (κ1) is 27.9. The van der Waals surface area contributed by atoms with Crippen molar-refractivity contribution < 1.29 is 24.9 Å². The maximum absolute atomic E-state index is 12.4. The second-order valence-electron chi connectivity index (χ2n) is 15.5.